The van der Waals surface area contributed by atoms with E-state index in [0.717, 1.165) is 30.2 Å². The first-order chi connectivity index (χ1) is 17.4. The zero-order valence-corrected chi connectivity index (χ0v) is 20.9. The highest BCUT2D eigenvalue weighted by molar-refractivity contribution is 6.05. The largest absolute Gasteiger partial charge is 0.378 e. The van der Waals surface area contributed by atoms with Gasteiger partial charge in [0.25, 0.3) is 0 Å². The number of ketones is 1. The van der Waals surface area contributed by atoms with E-state index in [0.29, 0.717) is 37.4 Å². The van der Waals surface area contributed by atoms with E-state index in [2.05, 4.69) is 9.80 Å². The Balaban J connectivity index is 1.58. The van der Waals surface area contributed by atoms with Crippen molar-refractivity contribution >= 4 is 17.7 Å². The maximum atomic E-state index is 14.7. The predicted octanol–water partition coefficient (Wildman–Crippen LogP) is 5.29. The summed E-state index contributed by atoms with van der Waals surface area (Å²) in [5.74, 6) is 0.749. The molecule has 0 radical (unpaired) electrons. The van der Waals surface area contributed by atoms with E-state index in [4.69, 9.17) is 9.72 Å². The first-order valence-corrected chi connectivity index (χ1v) is 12.5. The van der Waals surface area contributed by atoms with E-state index in [9.17, 15) is 9.18 Å². The molecule has 0 N–H and O–H groups in total. The van der Waals surface area contributed by atoms with Crippen molar-refractivity contribution < 1.29 is 13.9 Å². The molecule has 186 valence electrons. The van der Waals surface area contributed by atoms with E-state index in [1.165, 1.54) is 6.07 Å². The minimum Gasteiger partial charge on any atom is -0.378 e. The summed E-state index contributed by atoms with van der Waals surface area (Å²) >= 11 is 0. The van der Waals surface area contributed by atoms with Crippen LogP contribution in [-0.4, -0.2) is 48.5 Å². The van der Waals surface area contributed by atoms with Crippen LogP contribution in [0, 0.1) is 11.2 Å². The standard InChI is InChI=1S/C30H32FN3O2/c1-30(2)21-34(20-23-11-6-7-13-26(23)31)28(22-9-4-3-5-10-22)25(29(30)35)19-24-12-8-14-27(32-24)33-15-17-36-18-16-33/h3-14,19,28H,15-18,20-21H2,1-2H3. The molecule has 36 heavy (non-hydrogen) atoms. The summed E-state index contributed by atoms with van der Waals surface area (Å²) in [6.45, 7) is 7.82. The second-order valence-electron chi connectivity index (χ2n) is 10.1. The maximum Gasteiger partial charge on any atom is 0.167 e. The Morgan fingerprint density at radius 3 is 2.47 bits per heavy atom. The normalized spacial score (nSPS) is 21.6. The Kier molecular flexibility index (Phi) is 6.99. The van der Waals surface area contributed by atoms with Crippen LogP contribution in [0.4, 0.5) is 10.2 Å². The number of carbonyl (C=O) groups excluding carboxylic acids is 1. The smallest absolute Gasteiger partial charge is 0.167 e. The number of likely N-dealkylation sites (tertiary alicyclic amines) is 1. The number of ether oxygens (including phenoxy) is 1. The molecule has 1 atom stereocenters. The van der Waals surface area contributed by atoms with E-state index in [-0.39, 0.29) is 17.6 Å². The minimum atomic E-state index is -0.621. The van der Waals surface area contributed by atoms with Crippen LogP contribution in [0.15, 0.2) is 78.4 Å². The molecule has 2 aromatic carbocycles. The van der Waals surface area contributed by atoms with E-state index in [1.807, 2.05) is 80.6 Å². The van der Waals surface area contributed by atoms with Gasteiger partial charge in [-0.3, -0.25) is 9.69 Å². The third kappa shape index (κ3) is 5.11. The number of piperidine rings is 1. The van der Waals surface area contributed by atoms with Gasteiger partial charge < -0.3 is 9.64 Å². The van der Waals surface area contributed by atoms with E-state index < -0.39 is 5.41 Å². The Bertz CT molecular complexity index is 1250. The molecule has 0 spiro atoms. The van der Waals surface area contributed by atoms with Gasteiger partial charge in [0, 0.05) is 42.7 Å². The molecule has 1 unspecified atom stereocenters. The van der Waals surface area contributed by atoms with Crippen LogP contribution in [0.25, 0.3) is 6.08 Å². The fourth-order valence-corrected chi connectivity index (χ4v) is 5.19. The maximum absolute atomic E-state index is 14.7. The number of halogens is 1. The molecule has 0 amide bonds. The Morgan fingerprint density at radius 2 is 1.72 bits per heavy atom. The molecule has 0 aliphatic carbocycles. The highest BCUT2D eigenvalue weighted by atomic mass is 19.1. The lowest BCUT2D eigenvalue weighted by atomic mass is 9.74. The third-order valence-electron chi connectivity index (χ3n) is 6.98. The number of anilines is 1. The molecule has 2 saturated heterocycles. The number of aromatic nitrogens is 1. The first-order valence-electron chi connectivity index (χ1n) is 12.5. The van der Waals surface area contributed by atoms with Gasteiger partial charge >= 0.3 is 0 Å². The molecule has 0 saturated carbocycles. The zero-order valence-electron chi connectivity index (χ0n) is 20.9. The number of benzene rings is 2. The van der Waals surface area contributed by atoms with Gasteiger partial charge in [0.15, 0.2) is 5.78 Å². The van der Waals surface area contributed by atoms with E-state index in [1.54, 1.807) is 6.07 Å². The molecule has 1 aromatic heterocycles. The Morgan fingerprint density at radius 1 is 1.00 bits per heavy atom. The summed E-state index contributed by atoms with van der Waals surface area (Å²) in [4.78, 5) is 23.2. The number of hydrogen-bond donors (Lipinski definition) is 0. The summed E-state index contributed by atoms with van der Waals surface area (Å²) in [5, 5.41) is 0. The predicted molar refractivity (Wildman–Crippen MR) is 140 cm³/mol. The molecule has 5 nitrogen and oxygen atoms in total. The second kappa shape index (κ2) is 10.3. The lowest BCUT2D eigenvalue weighted by molar-refractivity contribution is -0.128. The number of morpholine rings is 1. The van der Waals surface area contributed by atoms with Crippen molar-refractivity contribution in [2.45, 2.75) is 26.4 Å². The third-order valence-corrected chi connectivity index (χ3v) is 6.98. The van der Waals surface area contributed by atoms with Crippen molar-refractivity contribution in [1.82, 2.24) is 9.88 Å². The molecule has 6 heteroatoms. The van der Waals surface area contributed by atoms with Crippen molar-refractivity contribution in [2.24, 2.45) is 5.41 Å². The van der Waals surface area contributed by atoms with Crippen LogP contribution in [0.2, 0.25) is 0 Å². The van der Waals surface area contributed by atoms with Crippen molar-refractivity contribution in [3.63, 3.8) is 0 Å². The molecule has 2 aliphatic rings. The summed E-state index contributed by atoms with van der Waals surface area (Å²) < 4.78 is 20.2. The lowest BCUT2D eigenvalue weighted by Gasteiger charge is -2.44. The number of Topliss-reactive ketones (excluding diaryl/α,β-unsaturated/α-hetero) is 1. The first kappa shape index (κ1) is 24.3. The van der Waals surface area contributed by atoms with Gasteiger partial charge in [-0.1, -0.05) is 68.4 Å². The average Bonchev–Trinajstić information content (AvgIpc) is 2.89. The van der Waals surface area contributed by atoms with Gasteiger partial charge in [0.2, 0.25) is 0 Å². The highest BCUT2D eigenvalue weighted by Gasteiger charge is 2.44. The topological polar surface area (TPSA) is 45.7 Å². The number of pyridine rings is 1. The van der Waals surface area contributed by atoms with Crippen molar-refractivity contribution in [3.8, 4) is 0 Å². The molecule has 5 rings (SSSR count). The van der Waals surface area contributed by atoms with Crippen LogP contribution in [0.5, 0.6) is 0 Å². The number of carbonyl (C=O) groups is 1. The van der Waals surface area contributed by atoms with Crippen LogP contribution in [0.3, 0.4) is 0 Å². The van der Waals surface area contributed by atoms with Gasteiger partial charge in [-0.15, -0.1) is 0 Å². The molecule has 0 bridgehead atoms. The van der Waals surface area contributed by atoms with Gasteiger partial charge in [0.05, 0.1) is 24.9 Å². The van der Waals surface area contributed by atoms with Crippen LogP contribution >= 0.6 is 0 Å². The summed E-state index contributed by atoms with van der Waals surface area (Å²) in [7, 11) is 0. The van der Waals surface area contributed by atoms with Gasteiger partial charge in [0.1, 0.15) is 11.6 Å². The number of nitrogens with zero attached hydrogens (tertiary/aromatic N) is 3. The molecule has 2 aliphatic heterocycles. The zero-order chi connectivity index (χ0) is 25.1. The van der Waals surface area contributed by atoms with Crippen LogP contribution in [0.1, 0.15) is 36.7 Å². The lowest BCUT2D eigenvalue weighted by Crippen LogP contribution is -2.49. The SMILES string of the molecule is CC1(C)CN(Cc2ccccc2F)C(c2ccccc2)C(=Cc2cccc(N3CCOCC3)n2)C1=O. The minimum absolute atomic E-state index is 0.0970. The Labute approximate surface area is 212 Å². The summed E-state index contributed by atoms with van der Waals surface area (Å²) in [5.41, 5.74) is 2.43. The van der Waals surface area contributed by atoms with Crippen molar-refractivity contribution in [3.05, 3.63) is 101 Å². The van der Waals surface area contributed by atoms with E-state index >= 15 is 0 Å². The van der Waals surface area contributed by atoms with Gasteiger partial charge in [-0.2, -0.15) is 0 Å². The monoisotopic (exact) mass is 485 g/mol. The highest BCUT2D eigenvalue weighted by Crippen LogP contribution is 2.42. The van der Waals surface area contributed by atoms with Crippen molar-refractivity contribution in [2.75, 3.05) is 37.7 Å². The van der Waals surface area contributed by atoms with Crippen LogP contribution in [-0.2, 0) is 16.1 Å². The molecule has 3 heterocycles. The second-order valence-corrected chi connectivity index (χ2v) is 10.1. The fraction of sp³-hybridized carbons (Fsp3) is 0.333. The van der Waals surface area contributed by atoms with Gasteiger partial charge in [-0.05, 0) is 29.8 Å². The fourth-order valence-electron chi connectivity index (χ4n) is 5.19. The van der Waals surface area contributed by atoms with Crippen LogP contribution < -0.4 is 4.90 Å². The molecular weight excluding hydrogens is 453 g/mol. The molecule has 2 fully saturated rings. The number of hydrogen-bond acceptors (Lipinski definition) is 5. The summed E-state index contributed by atoms with van der Waals surface area (Å²) in [6, 6.07) is 22.5. The summed E-state index contributed by atoms with van der Waals surface area (Å²) in [6.07, 6.45) is 1.93. The Hall–Kier alpha value is -3.35. The van der Waals surface area contributed by atoms with Gasteiger partial charge in [-0.25, -0.2) is 9.37 Å². The van der Waals surface area contributed by atoms with Crippen molar-refractivity contribution in [1.29, 1.82) is 0 Å². The molecular formula is C30H32FN3O2. The quantitative estimate of drug-likeness (QED) is 0.460. The molecule has 3 aromatic rings. The average molecular weight is 486 g/mol. The number of rotatable bonds is 5.